The first-order valence-electron chi connectivity index (χ1n) is 9.19. The van der Waals surface area contributed by atoms with Crippen molar-refractivity contribution >= 4 is 23.2 Å². The zero-order chi connectivity index (χ0) is 19.4. The summed E-state index contributed by atoms with van der Waals surface area (Å²) in [6.45, 7) is 4.90. The first kappa shape index (κ1) is 20.3. The van der Waals surface area contributed by atoms with Crippen LogP contribution in [0.1, 0.15) is 31.7 Å². The average Bonchev–Trinajstić information content (AvgIpc) is 3.11. The van der Waals surface area contributed by atoms with Crippen molar-refractivity contribution in [3.8, 4) is 11.5 Å². The van der Waals surface area contributed by atoms with Gasteiger partial charge < -0.3 is 19.9 Å². The maximum absolute atomic E-state index is 9.78. The normalized spacial score (nSPS) is 20.7. The minimum atomic E-state index is -0.433. The Kier molecular flexibility index (Phi) is 6.88. The fourth-order valence-corrected chi connectivity index (χ4v) is 3.55. The molecule has 0 aromatic heterocycles. The lowest BCUT2D eigenvalue weighted by atomic mass is 10.0. The first-order chi connectivity index (χ1) is 13.0. The molecule has 1 aliphatic heterocycles. The number of nitrogens with one attached hydrogen (secondary N) is 1. The summed E-state index contributed by atoms with van der Waals surface area (Å²) in [6.07, 6.45) is 0.320. The molecule has 1 heterocycles. The highest BCUT2D eigenvalue weighted by atomic mass is 35.5. The summed E-state index contributed by atoms with van der Waals surface area (Å²) in [4.78, 5) is 0. The molecule has 0 radical (unpaired) electrons. The highest BCUT2D eigenvalue weighted by molar-refractivity contribution is 6.42. The predicted molar refractivity (Wildman–Crippen MR) is 109 cm³/mol. The van der Waals surface area contributed by atoms with Gasteiger partial charge in [-0.2, -0.15) is 0 Å². The molecule has 2 aromatic rings. The second kappa shape index (κ2) is 9.16. The Hall–Kier alpha value is -1.46. The predicted octanol–water partition coefficient (Wildman–Crippen LogP) is 4.67. The van der Waals surface area contributed by atoms with Crippen LogP contribution in [0.5, 0.6) is 11.5 Å². The van der Waals surface area contributed by atoms with Crippen LogP contribution in [0.15, 0.2) is 42.5 Å². The van der Waals surface area contributed by atoms with Gasteiger partial charge in [0.05, 0.1) is 11.6 Å². The Morgan fingerprint density at radius 1 is 1.15 bits per heavy atom. The molecule has 0 bridgehead atoms. The number of halogens is 2. The Balaban J connectivity index is 1.59. The van der Waals surface area contributed by atoms with Crippen LogP contribution < -0.4 is 14.8 Å². The van der Waals surface area contributed by atoms with Gasteiger partial charge in [0, 0.05) is 19.0 Å². The molecule has 1 saturated heterocycles. The van der Waals surface area contributed by atoms with E-state index in [1.807, 2.05) is 12.1 Å². The molecule has 3 atom stereocenters. The lowest BCUT2D eigenvalue weighted by Crippen LogP contribution is -2.41. The van der Waals surface area contributed by atoms with E-state index in [0.29, 0.717) is 28.3 Å². The van der Waals surface area contributed by atoms with Gasteiger partial charge >= 0.3 is 0 Å². The third-order valence-electron chi connectivity index (χ3n) is 4.80. The van der Waals surface area contributed by atoms with E-state index in [0.717, 1.165) is 12.2 Å². The van der Waals surface area contributed by atoms with Crippen molar-refractivity contribution < 1.29 is 14.6 Å². The van der Waals surface area contributed by atoms with Crippen molar-refractivity contribution in [3.05, 3.63) is 58.1 Å². The maximum Gasteiger partial charge on any atom is 0.140 e. The molecule has 0 saturated carbocycles. The Labute approximate surface area is 170 Å². The third-order valence-corrected chi connectivity index (χ3v) is 5.60. The molecule has 27 heavy (non-hydrogen) atoms. The van der Waals surface area contributed by atoms with E-state index in [9.17, 15) is 5.11 Å². The summed E-state index contributed by atoms with van der Waals surface area (Å²) in [5.41, 5.74) is 1.29. The topological polar surface area (TPSA) is 50.7 Å². The van der Waals surface area contributed by atoms with E-state index in [1.54, 1.807) is 18.2 Å². The van der Waals surface area contributed by atoms with Gasteiger partial charge in [-0.15, -0.1) is 0 Å². The number of hydrogen-bond acceptors (Lipinski definition) is 4. The SMILES string of the molecule is CC(C)c1ccc(O[C@H]2CN[C@@H](C(CO)Oc3cccc(Cl)c3Cl)C2)cc1. The molecule has 2 N–H and O–H groups in total. The minimum Gasteiger partial charge on any atom is -0.489 e. The molecule has 2 aromatic carbocycles. The minimum absolute atomic E-state index is 0.0207. The van der Waals surface area contributed by atoms with E-state index in [1.165, 1.54) is 5.56 Å². The zero-order valence-corrected chi connectivity index (χ0v) is 17.0. The molecule has 146 valence electrons. The second-order valence-electron chi connectivity index (χ2n) is 7.10. The van der Waals surface area contributed by atoms with Crippen LogP contribution in [0.3, 0.4) is 0 Å². The van der Waals surface area contributed by atoms with Crippen LogP contribution in [0.2, 0.25) is 10.0 Å². The van der Waals surface area contributed by atoms with E-state index in [2.05, 4.69) is 31.3 Å². The Morgan fingerprint density at radius 3 is 2.56 bits per heavy atom. The number of aliphatic hydroxyl groups excluding tert-OH is 1. The summed E-state index contributed by atoms with van der Waals surface area (Å²) in [5, 5.41) is 13.9. The van der Waals surface area contributed by atoms with E-state index in [4.69, 9.17) is 32.7 Å². The molecular weight excluding hydrogens is 385 g/mol. The standard InChI is InChI=1S/C21H25Cl2NO3/c1-13(2)14-6-8-15(9-7-14)26-16-10-18(24-11-16)20(12-25)27-19-5-3-4-17(22)21(19)23/h3-9,13,16,18,20,24-25H,10-12H2,1-2H3/t16-,18-,20?/m1/s1. The van der Waals surface area contributed by atoms with Crippen molar-refractivity contribution in [1.82, 2.24) is 5.32 Å². The summed E-state index contributed by atoms with van der Waals surface area (Å²) < 4.78 is 12.0. The van der Waals surface area contributed by atoms with Crippen molar-refractivity contribution in [3.63, 3.8) is 0 Å². The number of aliphatic hydroxyl groups is 1. The number of hydrogen-bond donors (Lipinski definition) is 2. The maximum atomic E-state index is 9.78. The van der Waals surface area contributed by atoms with Gasteiger partial charge in [0.2, 0.25) is 0 Å². The summed E-state index contributed by atoms with van der Waals surface area (Å²) >= 11 is 12.2. The summed E-state index contributed by atoms with van der Waals surface area (Å²) in [7, 11) is 0. The van der Waals surface area contributed by atoms with Gasteiger partial charge in [-0.3, -0.25) is 0 Å². The van der Waals surface area contributed by atoms with Crippen LogP contribution in [0.4, 0.5) is 0 Å². The molecule has 0 aliphatic carbocycles. The highest BCUT2D eigenvalue weighted by Crippen LogP contribution is 2.33. The van der Waals surface area contributed by atoms with Crippen molar-refractivity contribution in [1.29, 1.82) is 0 Å². The third kappa shape index (κ3) is 5.08. The van der Waals surface area contributed by atoms with E-state index >= 15 is 0 Å². The second-order valence-corrected chi connectivity index (χ2v) is 7.89. The van der Waals surface area contributed by atoms with Gasteiger partial charge in [0.1, 0.15) is 28.7 Å². The van der Waals surface area contributed by atoms with Crippen LogP contribution in [-0.2, 0) is 0 Å². The molecule has 0 amide bonds. The smallest absolute Gasteiger partial charge is 0.140 e. The van der Waals surface area contributed by atoms with Crippen LogP contribution in [0.25, 0.3) is 0 Å². The van der Waals surface area contributed by atoms with Gasteiger partial charge in [-0.1, -0.05) is 55.2 Å². The van der Waals surface area contributed by atoms with Gasteiger partial charge in [0.25, 0.3) is 0 Å². The first-order valence-corrected chi connectivity index (χ1v) is 9.95. The fourth-order valence-electron chi connectivity index (χ4n) is 3.21. The summed E-state index contributed by atoms with van der Waals surface area (Å²) in [5.74, 6) is 1.82. The van der Waals surface area contributed by atoms with Crippen molar-refractivity contribution in [2.45, 2.75) is 44.4 Å². The van der Waals surface area contributed by atoms with Gasteiger partial charge in [-0.25, -0.2) is 0 Å². The molecule has 1 unspecified atom stereocenters. The lowest BCUT2D eigenvalue weighted by molar-refractivity contribution is 0.0850. The highest BCUT2D eigenvalue weighted by Gasteiger charge is 2.33. The molecule has 1 fully saturated rings. The molecule has 3 rings (SSSR count). The van der Waals surface area contributed by atoms with Gasteiger partial charge in [-0.05, 0) is 35.7 Å². The van der Waals surface area contributed by atoms with Crippen LogP contribution in [0, 0.1) is 0 Å². The Bertz CT molecular complexity index is 752. The molecular formula is C21H25Cl2NO3. The Morgan fingerprint density at radius 2 is 1.89 bits per heavy atom. The average molecular weight is 410 g/mol. The van der Waals surface area contributed by atoms with Crippen molar-refractivity contribution in [2.24, 2.45) is 0 Å². The summed E-state index contributed by atoms with van der Waals surface area (Å²) in [6, 6.07) is 13.4. The van der Waals surface area contributed by atoms with Crippen LogP contribution >= 0.6 is 23.2 Å². The number of ether oxygens (including phenoxy) is 2. The monoisotopic (exact) mass is 409 g/mol. The van der Waals surface area contributed by atoms with Gasteiger partial charge in [0.15, 0.2) is 0 Å². The van der Waals surface area contributed by atoms with E-state index in [-0.39, 0.29) is 18.8 Å². The molecule has 4 nitrogen and oxygen atoms in total. The lowest BCUT2D eigenvalue weighted by Gasteiger charge is -2.24. The van der Waals surface area contributed by atoms with Crippen LogP contribution in [-0.4, -0.2) is 36.5 Å². The van der Waals surface area contributed by atoms with E-state index < -0.39 is 6.10 Å². The van der Waals surface area contributed by atoms with Crippen molar-refractivity contribution in [2.75, 3.05) is 13.2 Å². The number of rotatable bonds is 7. The largest absolute Gasteiger partial charge is 0.489 e. The molecule has 6 heteroatoms. The quantitative estimate of drug-likeness (QED) is 0.697. The molecule has 0 spiro atoms. The number of benzene rings is 2. The fraction of sp³-hybridized carbons (Fsp3) is 0.429. The molecule has 1 aliphatic rings. The zero-order valence-electron chi connectivity index (χ0n) is 15.5.